The Labute approximate surface area is 144 Å². The number of hydrogen-bond donors (Lipinski definition) is 1. The first-order chi connectivity index (χ1) is 12.0. The molecule has 1 aromatic heterocycles. The molecular weight excluding hydrogens is 325 g/mol. The predicted octanol–water partition coefficient (Wildman–Crippen LogP) is 2.87. The van der Waals surface area contributed by atoms with Gasteiger partial charge in [-0.05, 0) is 49.9 Å². The molecule has 1 fully saturated rings. The van der Waals surface area contributed by atoms with E-state index in [2.05, 4.69) is 5.10 Å². The van der Waals surface area contributed by atoms with E-state index in [1.54, 1.807) is 29.3 Å². The molecule has 2 aromatic rings. The van der Waals surface area contributed by atoms with E-state index in [1.807, 2.05) is 0 Å². The maximum Gasteiger partial charge on any atom is 0.303 e. The molecule has 0 bridgehead atoms. The highest BCUT2D eigenvalue weighted by molar-refractivity contribution is 5.92. The second-order valence-electron chi connectivity index (χ2n) is 6.21. The van der Waals surface area contributed by atoms with Crippen LogP contribution < -0.4 is 0 Å². The molecule has 1 aliphatic rings. The lowest BCUT2D eigenvalue weighted by Gasteiger charge is -2.35. The molecule has 0 spiro atoms. The first-order valence-electron chi connectivity index (χ1n) is 8.39. The van der Waals surface area contributed by atoms with Gasteiger partial charge in [-0.25, -0.2) is 9.07 Å². The zero-order valence-electron chi connectivity index (χ0n) is 13.8. The minimum Gasteiger partial charge on any atom is -0.481 e. The SMILES string of the molecule is O=C(O)CC[C@H]1CCCCN1C(=O)c1ccn(-c2cccc(F)c2)n1. The van der Waals surface area contributed by atoms with Crippen molar-refractivity contribution >= 4 is 11.9 Å². The molecule has 1 amide bonds. The number of piperidine rings is 1. The van der Waals surface area contributed by atoms with Crippen molar-refractivity contribution in [1.82, 2.24) is 14.7 Å². The number of carboxylic acid groups (broad SMARTS) is 1. The van der Waals surface area contributed by atoms with Gasteiger partial charge in [-0.1, -0.05) is 6.07 Å². The van der Waals surface area contributed by atoms with Gasteiger partial charge in [0, 0.05) is 25.2 Å². The van der Waals surface area contributed by atoms with Gasteiger partial charge in [-0.15, -0.1) is 0 Å². The van der Waals surface area contributed by atoms with Crippen molar-refractivity contribution < 1.29 is 19.1 Å². The summed E-state index contributed by atoms with van der Waals surface area (Å²) in [4.78, 5) is 25.3. The second kappa shape index (κ2) is 7.46. The lowest BCUT2D eigenvalue weighted by atomic mass is 9.97. The third-order valence-electron chi connectivity index (χ3n) is 4.46. The summed E-state index contributed by atoms with van der Waals surface area (Å²) >= 11 is 0. The van der Waals surface area contributed by atoms with Gasteiger partial charge < -0.3 is 10.0 Å². The Hall–Kier alpha value is -2.70. The number of carbonyl (C=O) groups is 2. The molecule has 0 radical (unpaired) electrons. The minimum atomic E-state index is -0.853. The number of benzene rings is 1. The van der Waals surface area contributed by atoms with Crippen molar-refractivity contribution in [3.05, 3.63) is 48.0 Å². The van der Waals surface area contributed by atoms with Crippen molar-refractivity contribution in [2.45, 2.75) is 38.1 Å². The van der Waals surface area contributed by atoms with Crippen molar-refractivity contribution in [3.63, 3.8) is 0 Å². The molecule has 6 nitrogen and oxygen atoms in total. The fourth-order valence-electron chi connectivity index (χ4n) is 3.21. The van der Waals surface area contributed by atoms with Crippen LogP contribution in [0.25, 0.3) is 5.69 Å². The van der Waals surface area contributed by atoms with Crippen molar-refractivity contribution in [3.8, 4) is 5.69 Å². The summed E-state index contributed by atoms with van der Waals surface area (Å²) in [6.45, 7) is 0.607. The highest BCUT2D eigenvalue weighted by atomic mass is 19.1. The molecular formula is C18H20FN3O3. The van der Waals surface area contributed by atoms with Crippen molar-refractivity contribution in [2.24, 2.45) is 0 Å². The van der Waals surface area contributed by atoms with Gasteiger partial charge in [-0.3, -0.25) is 9.59 Å². The van der Waals surface area contributed by atoms with Crippen LogP contribution in [-0.4, -0.2) is 44.3 Å². The zero-order valence-corrected chi connectivity index (χ0v) is 13.8. The van der Waals surface area contributed by atoms with Crippen LogP contribution in [0.2, 0.25) is 0 Å². The largest absolute Gasteiger partial charge is 0.481 e. The normalized spacial score (nSPS) is 17.5. The van der Waals surface area contributed by atoms with E-state index >= 15 is 0 Å². The second-order valence-corrected chi connectivity index (χ2v) is 6.21. The number of aliphatic carboxylic acids is 1. The van der Waals surface area contributed by atoms with E-state index in [-0.39, 0.29) is 29.9 Å². The fraction of sp³-hybridized carbons (Fsp3) is 0.389. The Morgan fingerprint density at radius 1 is 1.28 bits per heavy atom. The highest BCUT2D eigenvalue weighted by Crippen LogP contribution is 2.23. The van der Waals surface area contributed by atoms with Crippen LogP contribution in [0.5, 0.6) is 0 Å². The topological polar surface area (TPSA) is 75.4 Å². The quantitative estimate of drug-likeness (QED) is 0.904. The van der Waals surface area contributed by atoms with E-state index in [4.69, 9.17) is 5.11 Å². The van der Waals surface area contributed by atoms with E-state index in [9.17, 15) is 14.0 Å². The number of aromatic nitrogens is 2. The lowest BCUT2D eigenvalue weighted by Crippen LogP contribution is -2.44. The molecule has 2 heterocycles. The summed E-state index contributed by atoms with van der Waals surface area (Å²) in [5.41, 5.74) is 0.826. The Kier molecular flexibility index (Phi) is 5.11. The molecule has 132 valence electrons. The number of carbonyl (C=O) groups excluding carboxylic acids is 1. The maximum atomic E-state index is 13.3. The molecule has 0 unspecified atom stereocenters. The van der Waals surface area contributed by atoms with Gasteiger partial charge in [0.2, 0.25) is 0 Å². The fourth-order valence-corrected chi connectivity index (χ4v) is 3.21. The van der Waals surface area contributed by atoms with Crippen LogP contribution in [0.3, 0.4) is 0 Å². The summed E-state index contributed by atoms with van der Waals surface area (Å²) in [6, 6.07) is 7.52. The van der Waals surface area contributed by atoms with Crippen molar-refractivity contribution in [2.75, 3.05) is 6.54 Å². The Balaban J connectivity index is 1.76. The average Bonchev–Trinajstić information content (AvgIpc) is 3.10. The van der Waals surface area contributed by atoms with E-state index in [0.29, 0.717) is 18.7 Å². The average molecular weight is 345 g/mol. The first kappa shape index (κ1) is 17.1. The molecule has 3 rings (SSSR count). The molecule has 0 aliphatic carbocycles. The Bertz CT molecular complexity index is 774. The smallest absolute Gasteiger partial charge is 0.303 e. The van der Waals surface area contributed by atoms with E-state index in [1.165, 1.54) is 16.8 Å². The molecule has 1 aliphatic heterocycles. The molecule has 7 heteroatoms. The molecule has 1 N–H and O–H groups in total. The summed E-state index contributed by atoms with van der Waals surface area (Å²) < 4.78 is 14.8. The summed E-state index contributed by atoms with van der Waals surface area (Å²) in [6.07, 6.45) is 4.82. The summed E-state index contributed by atoms with van der Waals surface area (Å²) in [5.74, 6) is -1.43. The number of rotatable bonds is 5. The van der Waals surface area contributed by atoms with Gasteiger partial charge in [0.1, 0.15) is 5.82 Å². The van der Waals surface area contributed by atoms with Crippen LogP contribution in [0.4, 0.5) is 4.39 Å². The number of amides is 1. The van der Waals surface area contributed by atoms with Crippen LogP contribution in [0.15, 0.2) is 36.5 Å². The zero-order chi connectivity index (χ0) is 17.8. The third-order valence-corrected chi connectivity index (χ3v) is 4.46. The monoisotopic (exact) mass is 345 g/mol. The first-order valence-corrected chi connectivity index (χ1v) is 8.39. The standard InChI is InChI=1S/C18H20FN3O3/c19-13-4-3-6-15(12-13)22-11-9-16(20-22)18(25)21-10-2-1-5-14(21)7-8-17(23)24/h3-4,6,9,11-12,14H,1-2,5,7-8,10H2,(H,23,24)/t14-/m1/s1. The van der Waals surface area contributed by atoms with Crippen LogP contribution in [0.1, 0.15) is 42.6 Å². The molecule has 25 heavy (non-hydrogen) atoms. The number of nitrogens with zero attached hydrogens (tertiary/aromatic N) is 3. The number of carboxylic acids is 1. The molecule has 1 aromatic carbocycles. The third kappa shape index (κ3) is 4.04. The highest BCUT2D eigenvalue weighted by Gasteiger charge is 2.29. The van der Waals surface area contributed by atoms with Crippen LogP contribution in [-0.2, 0) is 4.79 Å². The van der Waals surface area contributed by atoms with Crippen LogP contribution >= 0.6 is 0 Å². The molecule has 0 saturated carbocycles. The number of halogens is 1. The van der Waals surface area contributed by atoms with Gasteiger partial charge in [0.15, 0.2) is 5.69 Å². The maximum absolute atomic E-state index is 13.3. The summed E-state index contributed by atoms with van der Waals surface area (Å²) in [7, 11) is 0. The number of hydrogen-bond acceptors (Lipinski definition) is 3. The molecule has 1 atom stereocenters. The number of likely N-dealkylation sites (tertiary alicyclic amines) is 1. The van der Waals surface area contributed by atoms with Gasteiger partial charge in [-0.2, -0.15) is 5.10 Å². The lowest BCUT2D eigenvalue weighted by molar-refractivity contribution is -0.137. The minimum absolute atomic E-state index is 0.0478. The predicted molar refractivity (Wildman–Crippen MR) is 89.1 cm³/mol. The van der Waals surface area contributed by atoms with Crippen molar-refractivity contribution in [1.29, 1.82) is 0 Å². The van der Waals surface area contributed by atoms with Gasteiger partial charge >= 0.3 is 5.97 Å². The Morgan fingerprint density at radius 3 is 2.88 bits per heavy atom. The van der Waals surface area contributed by atoms with Crippen LogP contribution in [0, 0.1) is 5.82 Å². The Morgan fingerprint density at radius 2 is 2.12 bits per heavy atom. The van der Waals surface area contributed by atoms with Gasteiger partial charge in [0.05, 0.1) is 5.69 Å². The van der Waals surface area contributed by atoms with E-state index in [0.717, 1.165) is 19.3 Å². The molecule has 1 saturated heterocycles. The van der Waals surface area contributed by atoms with Gasteiger partial charge in [0.25, 0.3) is 5.91 Å². The van der Waals surface area contributed by atoms with E-state index < -0.39 is 5.97 Å². The summed E-state index contributed by atoms with van der Waals surface area (Å²) in [5, 5.41) is 13.2.